The van der Waals surface area contributed by atoms with E-state index in [4.69, 9.17) is 0 Å². The fourth-order valence-corrected chi connectivity index (χ4v) is 3.89. The fourth-order valence-electron chi connectivity index (χ4n) is 3.89. The summed E-state index contributed by atoms with van der Waals surface area (Å²) in [5.74, 6) is 0.140. The van der Waals surface area contributed by atoms with Gasteiger partial charge in [-0.2, -0.15) is 5.10 Å². The summed E-state index contributed by atoms with van der Waals surface area (Å²) in [7, 11) is 3.21. The minimum absolute atomic E-state index is 0.264. The highest BCUT2D eigenvalue weighted by molar-refractivity contribution is 5.89. The van der Waals surface area contributed by atoms with E-state index in [0.717, 1.165) is 30.3 Å². The average molecular weight is 385 g/mol. The zero-order valence-electron chi connectivity index (χ0n) is 16.0. The van der Waals surface area contributed by atoms with Crippen molar-refractivity contribution in [1.29, 1.82) is 0 Å². The molecule has 1 saturated carbocycles. The molecule has 0 aromatic carbocycles. The Hall–Kier alpha value is -3.17. The van der Waals surface area contributed by atoms with Gasteiger partial charge < -0.3 is 9.88 Å². The van der Waals surface area contributed by atoms with Crippen LogP contribution in [0.25, 0.3) is 11.2 Å². The van der Waals surface area contributed by atoms with Crippen LogP contribution in [0.4, 0.5) is 5.82 Å². The number of anilines is 1. The van der Waals surface area contributed by atoms with Crippen molar-refractivity contribution in [3.8, 4) is 0 Å². The van der Waals surface area contributed by atoms with E-state index in [-0.39, 0.29) is 18.1 Å². The number of hydrogen-bond donors (Lipinski definition) is 1. The van der Waals surface area contributed by atoms with Crippen LogP contribution in [-0.2, 0) is 25.4 Å². The lowest BCUT2D eigenvalue weighted by molar-refractivity contribution is -0.116. The molecule has 3 aromatic rings. The number of nitrogens with one attached hydrogen (secondary N) is 1. The van der Waals surface area contributed by atoms with Gasteiger partial charge in [-0.25, -0.2) is 19.0 Å². The number of aryl methyl sites for hydroxylation is 2. The molecule has 28 heavy (non-hydrogen) atoms. The van der Waals surface area contributed by atoms with Crippen molar-refractivity contribution in [3.05, 3.63) is 39.4 Å². The van der Waals surface area contributed by atoms with Gasteiger partial charge in [0.15, 0.2) is 11.2 Å². The molecule has 10 nitrogen and oxygen atoms in total. The second-order valence-corrected chi connectivity index (χ2v) is 7.26. The van der Waals surface area contributed by atoms with Gasteiger partial charge in [0.05, 0.1) is 18.6 Å². The van der Waals surface area contributed by atoms with E-state index in [0.29, 0.717) is 11.5 Å². The minimum atomic E-state index is -0.577. The smallest absolute Gasteiger partial charge is 0.328 e. The topological polar surface area (TPSA) is 109 Å². The molecule has 10 heteroatoms. The summed E-state index contributed by atoms with van der Waals surface area (Å²) in [6, 6.07) is 2.00. The molecule has 1 fully saturated rings. The normalized spacial score (nSPS) is 15.2. The molecule has 0 spiro atoms. The van der Waals surface area contributed by atoms with Crippen LogP contribution in [0.3, 0.4) is 0 Å². The first kappa shape index (κ1) is 18.2. The summed E-state index contributed by atoms with van der Waals surface area (Å²) in [5.41, 5.74) is -0.534. The highest BCUT2D eigenvalue weighted by Crippen LogP contribution is 2.29. The van der Waals surface area contributed by atoms with Gasteiger partial charge >= 0.3 is 5.69 Å². The molecule has 0 bridgehead atoms. The summed E-state index contributed by atoms with van der Waals surface area (Å²) in [4.78, 5) is 42.0. The van der Waals surface area contributed by atoms with Gasteiger partial charge in [0.2, 0.25) is 5.91 Å². The number of amides is 1. The van der Waals surface area contributed by atoms with Crippen LogP contribution in [0, 0.1) is 0 Å². The second kappa shape index (κ2) is 7.10. The number of fused-ring (bicyclic) bond motifs is 1. The second-order valence-electron chi connectivity index (χ2n) is 7.26. The molecule has 148 valence electrons. The Morgan fingerprint density at radius 1 is 1.21 bits per heavy atom. The van der Waals surface area contributed by atoms with E-state index >= 15 is 0 Å². The largest absolute Gasteiger partial charge is 0.332 e. The third-order valence-corrected chi connectivity index (χ3v) is 5.36. The number of carbonyl (C=O) groups excluding carboxylic acids is 1. The van der Waals surface area contributed by atoms with Crippen LogP contribution < -0.4 is 16.6 Å². The van der Waals surface area contributed by atoms with Gasteiger partial charge in [0.25, 0.3) is 5.56 Å². The molecule has 0 atom stereocenters. The lowest BCUT2D eigenvalue weighted by atomic mass is 9.96. The lowest BCUT2D eigenvalue weighted by Gasteiger charge is -2.23. The predicted octanol–water partition coefficient (Wildman–Crippen LogP) is 0.774. The number of imidazole rings is 1. The number of hydrogen-bond acceptors (Lipinski definition) is 5. The summed E-state index contributed by atoms with van der Waals surface area (Å²) < 4.78 is 5.59. The Labute approximate surface area is 160 Å². The van der Waals surface area contributed by atoms with Gasteiger partial charge in [0.1, 0.15) is 12.4 Å². The van der Waals surface area contributed by atoms with Gasteiger partial charge in [-0.15, -0.1) is 0 Å². The minimum Gasteiger partial charge on any atom is -0.328 e. The van der Waals surface area contributed by atoms with Gasteiger partial charge in [-0.1, -0.05) is 19.3 Å². The molecule has 1 aliphatic carbocycles. The van der Waals surface area contributed by atoms with E-state index in [1.807, 2.05) is 4.68 Å². The zero-order valence-corrected chi connectivity index (χ0v) is 16.0. The van der Waals surface area contributed by atoms with E-state index in [2.05, 4.69) is 15.4 Å². The van der Waals surface area contributed by atoms with Crippen LogP contribution >= 0.6 is 0 Å². The number of rotatable bonds is 4. The molecule has 0 aliphatic heterocycles. The summed E-state index contributed by atoms with van der Waals surface area (Å²) >= 11 is 0. The Kier molecular flexibility index (Phi) is 4.62. The molecular formula is C18H23N7O3. The van der Waals surface area contributed by atoms with Crippen molar-refractivity contribution in [1.82, 2.24) is 28.5 Å². The molecule has 3 heterocycles. The van der Waals surface area contributed by atoms with Crippen molar-refractivity contribution >= 4 is 22.9 Å². The standard InChI is InChI=1S/C18H23N7O3/c1-22-11-19-16-15(22)17(27)24(18(28)23(16)2)10-14(26)21-13-8-9-20-25(13)12-6-4-3-5-7-12/h8-9,11-12H,3-7,10H2,1-2H3,(H,21,26). The van der Waals surface area contributed by atoms with Gasteiger partial charge in [-0.3, -0.25) is 14.2 Å². The third kappa shape index (κ3) is 3.04. The van der Waals surface area contributed by atoms with Crippen molar-refractivity contribution in [2.24, 2.45) is 14.1 Å². The van der Waals surface area contributed by atoms with Crippen molar-refractivity contribution in [2.45, 2.75) is 44.7 Å². The molecule has 0 unspecified atom stereocenters. The maximum Gasteiger partial charge on any atom is 0.332 e. The number of aromatic nitrogens is 6. The van der Waals surface area contributed by atoms with Crippen LogP contribution in [0.5, 0.6) is 0 Å². The summed E-state index contributed by atoms with van der Waals surface area (Å²) in [6.45, 7) is -0.373. The Morgan fingerprint density at radius 2 is 1.96 bits per heavy atom. The summed E-state index contributed by atoms with van der Waals surface area (Å²) in [5, 5.41) is 7.15. The highest BCUT2D eigenvalue weighted by Gasteiger charge is 2.21. The third-order valence-electron chi connectivity index (χ3n) is 5.36. The number of carbonyl (C=O) groups is 1. The first-order chi connectivity index (χ1) is 13.5. The van der Waals surface area contributed by atoms with Gasteiger partial charge in [-0.05, 0) is 12.8 Å². The lowest BCUT2D eigenvalue weighted by Crippen LogP contribution is -2.42. The Bertz CT molecular complexity index is 1140. The molecule has 0 saturated heterocycles. The van der Waals surface area contributed by atoms with Crippen molar-refractivity contribution in [3.63, 3.8) is 0 Å². The first-order valence-corrected chi connectivity index (χ1v) is 9.41. The molecule has 3 aromatic heterocycles. The van der Waals surface area contributed by atoms with Crippen LogP contribution in [0.1, 0.15) is 38.1 Å². The maximum atomic E-state index is 12.7. The maximum absolute atomic E-state index is 12.7. The molecule has 4 rings (SSSR count). The van der Waals surface area contributed by atoms with E-state index in [1.54, 1.807) is 23.9 Å². The quantitative estimate of drug-likeness (QED) is 0.714. The van der Waals surface area contributed by atoms with Crippen LogP contribution in [-0.4, -0.2) is 34.4 Å². The number of nitrogens with zero attached hydrogens (tertiary/aromatic N) is 6. The van der Waals surface area contributed by atoms with Crippen molar-refractivity contribution < 1.29 is 4.79 Å². The summed E-state index contributed by atoms with van der Waals surface area (Å²) in [6.07, 6.45) is 8.70. The van der Waals surface area contributed by atoms with Crippen LogP contribution in [0.2, 0.25) is 0 Å². The average Bonchev–Trinajstić information content (AvgIpc) is 3.31. The Balaban J connectivity index is 1.60. The highest BCUT2D eigenvalue weighted by atomic mass is 16.2. The first-order valence-electron chi connectivity index (χ1n) is 9.41. The molecule has 0 radical (unpaired) electrons. The van der Waals surface area contributed by atoms with E-state index in [9.17, 15) is 14.4 Å². The zero-order chi connectivity index (χ0) is 19.8. The fraction of sp³-hybridized carbons (Fsp3) is 0.500. The van der Waals surface area contributed by atoms with Crippen molar-refractivity contribution in [2.75, 3.05) is 5.32 Å². The predicted molar refractivity (Wildman–Crippen MR) is 103 cm³/mol. The molecular weight excluding hydrogens is 362 g/mol. The van der Waals surface area contributed by atoms with Crippen LogP contribution in [0.15, 0.2) is 28.2 Å². The SMILES string of the molecule is Cn1cnc2c1c(=O)n(CC(=O)Nc1ccnn1C1CCCCC1)c(=O)n2C. The van der Waals surface area contributed by atoms with E-state index < -0.39 is 17.2 Å². The Morgan fingerprint density at radius 3 is 2.71 bits per heavy atom. The molecule has 1 amide bonds. The molecule has 1 aliphatic rings. The van der Waals surface area contributed by atoms with E-state index in [1.165, 1.54) is 24.4 Å². The molecule has 1 N–H and O–H groups in total. The van der Waals surface area contributed by atoms with Gasteiger partial charge in [0, 0.05) is 20.2 Å². The monoisotopic (exact) mass is 385 g/mol.